The topological polar surface area (TPSA) is 60.8 Å². The molecule has 2 N–H and O–H groups in total. The largest absolute Gasteiger partial charge is 0.481 e. The Bertz CT molecular complexity index is 1150. The molecule has 0 saturated heterocycles. The van der Waals surface area contributed by atoms with Crippen molar-refractivity contribution in [1.29, 1.82) is 0 Å². The lowest BCUT2D eigenvalue weighted by molar-refractivity contribution is -0.151. The van der Waals surface area contributed by atoms with Crippen molar-refractivity contribution < 1.29 is 15.0 Å². The molecule has 0 aliphatic heterocycles. The number of rotatable bonds is 51. The first kappa shape index (κ1) is 63.8. The highest BCUT2D eigenvalue weighted by Gasteiger charge is 2.42. The first-order chi connectivity index (χ1) is 32.3. The van der Waals surface area contributed by atoms with Gasteiger partial charge in [-0.15, -0.1) is 0 Å². The van der Waals surface area contributed by atoms with Crippen molar-refractivity contribution in [3.05, 3.63) is 72.9 Å². The number of carbonyl (C=O) groups is 1. The lowest BCUT2D eigenvalue weighted by atomic mass is 9.69. The van der Waals surface area contributed by atoms with Crippen LogP contribution in [0, 0.1) is 11.8 Å². The monoisotopic (exact) mass is 920 g/mol. The first-order valence-corrected chi connectivity index (χ1v) is 28.8. The molecule has 0 spiro atoms. The molecule has 0 rings (SSSR count). The van der Waals surface area contributed by atoms with Crippen LogP contribution in [-0.2, 0) is 4.79 Å². The number of carboxylic acids is 1. The van der Waals surface area contributed by atoms with E-state index in [1.165, 1.54) is 154 Å². The van der Waals surface area contributed by atoms with Gasteiger partial charge in [0, 0.05) is 5.92 Å². The molecule has 4 nitrogen and oxygen atoms in total. The van der Waals surface area contributed by atoms with E-state index in [-0.39, 0.29) is 5.92 Å². The minimum absolute atomic E-state index is 0.197. The predicted molar refractivity (Wildman–Crippen MR) is 295 cm³/mol. The standard InChI is InChI=1S/C62H113NO3/c1-6-9-12-15-18-21-24-27-30-33-36-39-42-45-48-51-54-60(59(61(64)65)55-58-63(4)5)62(66,56-52-49-46-43-40-37-34-31-28-25-22-19-16-13-10-7-2)57-53-50-47-44-41-38-35-32-29-26-23-20-17-14-11-8-3/h18-23,27-32,59-60,66H,6-17,24-26,33-58H2,1-5H3,(H,64,65). The van der Waals surface area contributed by atoms with Crippen LogP contribution in [0.4, 0.5) is 0 Å². The van der Waals surface area contributed by atoms with E-state index in [1.807, 2.05) is 14.1 Å². The maximum absolute atomic E-state index is 13.1. The van der Waals surface area contributed by atoms with Gasteiger partial charge < -0.3 is 15.1 Å². The van der Waals surface area contributed by atoms with E-state index >= 15 is 0 Å². The Morgan fingerprint density at radius 1 is 0.409 bits per heavy atom. The normalized spacial score (nSPS) is 14.5. The quantitative estimate of drug-likeness (QED) is 0.0471. The van der Waals surface area contributed by atoms with Crippen LogP contribution in [-0.4, -0.2) is 47.3 Å². The molecule has 0 aromatic rings. The van der Waals surface area contributed by atoms with Crippen LogP contribution >= 0.6 is 0 Å². The zero-order chi connectivity index (χ0) is 48.3. The summed E-state index contributed by atoms with van der Waals surface area (Å²) in [4.78, 5) is 15.2. The van der Waals surface area contributed by atoms with Crippen LogP contribution in [0.25, 0.3) is 0 Å². The fourth-order valence-electron chi connectivity index (χ4n) is 9.43. The van der Waals surface area contributed by atoms with Crippen LogP contribution in [0.15, 0.2) is 72.9 Å². The van der Waals surface area contributed by atoms with E-state index in [1.54, 1.807) is 0 Å². The van der Waals surface area contributed by atoms with Crippen molar-refractivity contribution in [1.82, 2.24) is 4.90 Å². The SMILES string of the molecule is CCCCCC=CCC=CCCCCCCCCC(C(CCN(C)C)C(=O)O)C(O)(CCCCCCCCC=CCC=CCCCCC)CCCCCCCCC=CCC=CCCCCC. The fraction of sp³-hybridized carbons (Fsp3) is 0.790. The first-order valence-electron chi connectivity index (χ1n) is 28.8. The summed E-state index contributed by atoms with van der Waals surface area (Å²) in [6.07, 6.45) is 74.1. The van der Waals surface area contributed by atoms with Gasteiger partial charge >= 0.3 is 5.97 Å². The number of carboxylic acid groups (broad SMARTS) is 1. The summed E-state index contributed by atoms with van der Waals surface area (Å²) in [7, 11) is 4.08. The molecule has 0 heterocycles. The Hall–Kier alpha value is -2.17. The van der Waals surface area contributed by atoms with Crippen LogP contribution in [0.5, 0.6) is 0 Å². The van der Waals surface area contributed by atoms with Crippen LogP contribution in [0.2, 0.25) is 0 Å². The van der Waals surface area contributed by atoms with E-state index in [4.69, 9.17) is 0 Å². The molecule has 2 atom stereocenters. The van der Waals surface area contributed by atoms with Gasteiger partial charge in [-0.25, -0.2) is 0 Å². The van der Waals surface area contributed by atoms with Crippen molar-refractivity contribution in [2.45, 2.75) is 283 Å². The highest BCUT2D eigenvalue weighted by Crippen LogP contribution is 2.40. The number of hydrogen-bond donors (Lipinski definition) is 2. The molecule has 0 aliphatic rings. The maximum Gasteiger partial charge on any atom is 0.306 e. The Kier molecular flexibility index (Phi) is 49.0. The second kappa shape index (κ2) is 50.7. The van der Waals surface area contributed by atoms with Crippen molar-refractivity contribution in [3.63, 3.8) is 0 Å². The number of aliphatic hydroxyl groups is 1. The van der Waals surface area contributed by atoms with Crippen molar-refractivity contribution >= 4 is 5.97 Å². The fourth-order valence-corrected chi connectivity index (χ4v) is 9.43. The Morgan fingerprint density at radius 3 is 1.00 bits per heavy atom. The molecule has 0 amide bonds. The zero-order valence-electron chi connectivity index (χ0n) is 44.8. The van der Waals surface area contributed by atoms with Crippen molar-refractivity contribution in [3.8, 4) is 0 Å². The summed E-state index contributed by atoms with van der Waals surface area (Å²) < 4.78 is 0. The molecule has 0 bridgehead atoms. The smallest absolute Gasteiger partial charge is 0.306 e. The lowest BCUT2D eigenvalue weighted by Gasteiger charge is -2.40. The van der Waals surface area contributed by atoms with Gasteiger partial charge in [0.15, 0.2) is 0 Å². The van der Waals surface area contributed by atoms with Crippen LogP contribution in [0.1, 0.15) is 278 Å². The maximum atomic E-state index is 13.1. The molecular formula is C62H113NO3. The summed E-state index contributed by atoms with van der Waals surface area (Å²) in [5.41, 5.74) is -0.920. The van der Waals surface area contributed by atoms with Crippen LogP contribution in [0.3, 0.4) is 0 Å². The van der Waals surface area contributed by atoms with E-state index in [9.17, 15) is 15.0 Å². The van der Waals surface area contributed by atoms with Gasteiger partial charge in [0.2, 0.25) is 0 Å². The lowest BCUT2D eigenvalue weighted by Crippen LogP contribution is -2.45. The van der Waals surface area contributed by atoms with Gasteiger partial charge in [-0.1, -0.05) is 229 Å². The van der Waals surface area contributed by atoms with E-state index in [0.29, 0.717) is 6.42 Å². The van der Waals surface area contributed by atoms with E-state index in [0.717, 1.165) is 103 Å². The molecule has 2 unspecified atom stereocenters. The average molecular weight is 921 g/mol. The number of nitrogens with zero attached hydrogens (tertiary/aromatic N) is 1. The Labute approximate surface area is 412 Å². The van der Waals surface area contributed by atoms with Crippen molar-refractivity contribution in [2.24, 2.45) is 11.8 Å². The molecule has 384 valence electrons. The molecule has 0 aromatic carbocycles. The Balaban J connectivity index is 5.24. The number of unbranched alkanes of at least 4 members (excludes halogenated alkanes) is 27. The van der Waals surface area contributed by atoms with Crippen molar-refractivity contribution in [2.75, 3.05) is 20.6 Å². The average Bonchev–Trinajstić information content (AvgIpc) is 3.30. The van der Waals surface area contributed by atoms with Gasteiger partial charge in [-0.3, -0.25) is 4.79 Å². The molecule has 66 heavy (non-hydrogen) atoms. The van der Waals surface area contributed by atoms with Crippen LogP contribution < -0.4 is 0 Å². The minimum Gasteiger partial charge on any atom is -0.481 e. The predicted octanol–water partition coefficient (Wildman–Crippen LogP) is 19.6. The molecular weight excluding hydrogens is 807 g/mol. The van der Waals surface area contributed by atoms with Gasteiger partial charge in [0.1, 0.15) is 0 Å². The van der Waals surface area contributed by atoms with Gasteiger partial charge in [-0.2, -0.15) is 0 Å². The molecule has 0 saturated carbocycles. The summed E-state index contributed by atoms with van der Waals surface area (Å²) in [6, 6.07) is 0. The summed E-state index contributed by atoms with van der Waals surface area (Å²) >= 11 is 0. The zero-order valence-corrected chi connectivity index (χ0v) is 44.8. The van der Waals surface area contributed by atoms with Gasteiger partial charge in [-0.05, 0) is 143 Å². The molecule has 0 aliphatic carbocycles. The highest BCUT2D eigenvalue weighted by molar-refractivity contribution is 5.70. The number of hydrogen-bond acceptors (Lipinski definition) is 3. The molecule has 0 fully saturated rings. The second-order valence-electron chi connectivity index (χ2n) is 20.3. The molecule has 0 aromatic heterocycles. The summed E-state index contributed by atoms with van der Waals surface area (Å²) in [5.74, 6) is -1.42. The number of aliphatic carboxylic acids is 1. The number of allylic oxidation sites excluding steroid dienone is 12. The Morgan fingerprint density at radius 2 is 0.697 bits per heavy atom. The molecule has 4 heteroatoms. The highest BCUT2D eigenvalue weighted by atomic mass is 16.4. The summed E-state index contributed by atoms with van der Waals surface area (Å²) in [5, 5.41) is 23.5. The third-order valence-electron chi connectivity index (χ3n) is 13.7. The third kappa shape index (κ3) is 43.1. The van der Waals surface area contributed by atoms with Gasteiger partial charge in [0.05, 0.1) is 11.5 Å². The molecule has 0 radical (unpaired) electrons. The summed E-state index contributed by atoms with van der Waals surface area (Å²) in [6.45, 7) is 7.52. The minimum atomic E-state index is -0.920. The van der Waals surface area contributed by atoms with E-state index < -0.39 is 17.5 Å². The third-order valence-corrected chi connectivity index (χ3v) is 13.7. The van der Waals surface area contributed by atoms with Gasteiger partial charge in [0.25, 0.3) is 0 Å². The second-order valence-corrected chi connectivity index (χ2v) is 20.3. The van der Waals surface area contributed by atoms with E-state index in [2.05, 4.69) is 98.6 Å².